The van der Waals surface area contributed by atoms with E-state index in [9.17, 15) is 9.59 Å². The molecule has 0 aliphatic heterocycles. The number of nitrogens with one attached hydrogen (secondary N) is 1. The quantitative estimate of drug-likeness (QED) is 0.314. The van der Waals surface area contributed by atoms with Crippen LogP contribution >= 0.6 is 0 Å². The highest BCUT2D eigenvalue weighted by molar-refractivity contribution is 5.73. The summed E-state index contributed by atoms with van der Waals surface area (Å²) in [5, 5.41) is 10.8. The maximum atomic E-state index is 10.0. The molecule has 0 saturated carbocycles. The predicted molar refractivity (Wildman–Crippen MR) is 34.5 cm³/mol. The molecule has 0 aromatic carbocycles. The Hall–Kier alpha value is -0.940. The zero-order valence-electron chi connectivity index (χ0n) is 5.41. The zero-order valence-corrected chi connectivity index (χ0v) is 5.41. The summed E-state index contributed by atoms with van der Waals surface area (Å²) >= 11 is 0. The van der Waals surface area contributed by atoms with Crippen molar-refractivity contribution < 1.29 is 14.7 Å². The molecule has 0 saturated heterocycles. The lowest BCUT2D eigenvalue weighted by Crippen LogP contribution is -2.40. The first-order valence-electron chi connectivity index (χ1n) is 2.81. The van der Waals surface area contributed by atoms with Gasteiger partial charge in [-0.15, -0.1) is 0 Å². The van der Waals surface area contributed by atoms with Crippen LogP contribution in [0.3, 0.4) is 0 Å². The van der Waals surface area contributed by atoms with Gasteiger partial charge < -0.3 is 21.0 Å². The lowest BCUT2D eigenvalue weighted by atomic mass is 10.3. The fourth-order valence-corrected chi connectivity index (χ4v) is 0.385. The minimum absolute atomic E-state index is 0.119. The van der Waals surface area contributed by atoms with Crippen molar-refractivity contribution in [3.8, 4) is 0 Å². The minimum atomic E-state index is -1.07. The second-order valence-corrected chi connectivity index (χ2v) is 1.77. The summed E-state index contributed by atoms with van der Waals surface area (Å²) < 4.78 is 0. The Morgan fingerprint density at radius 3 is 2.80 bits per heavy atom. The first-order chi connectivity index (χ1) is 4.68. The van der Waals surface area contributed by atoms with Crippen molar-refractivity contribution in [2.75, 3.05) is 13.1 Å². The second kappa shape index (κ2) is 4.89. The average Bonchev–Trinajstić information content (AvgIpc) is 1.88. The number of carbonyl (C=O) groups is 2. The largest absolute Gasteiger partial charge is 0.480 e. The molecule has 0 aliphatic rings. The van der Waals surface area contributed by atoms with Crippen molar-refractivity contribution in [1.82, 2.24) is 5.32 Å². The van der Waals surface area contributed by atoms with Crippen LogP contribution in [0.1, 0.15) is 0 Å². The van der Waals surface area contributed by atoms with Gasteiger partial charge in [0, 0.05) is 6.54 Å². The van der Waals surface area contributed by atoms with Crippen molar-refractivity contribution in [3.05, 3.63) is 0 Å². The van der Waals surface area contributed by atoms with Gasteiger partial charge in [-0.1, -0.05) is 0 Å². The maximum Gasteiger partial charge on any atom is 0.321 e. The molecule has 58 valence electrons. The highest BCUT2D eigenvalue weighted by atomic mass is 16.4. The van der Waals surface area contributed by atoms with Crippen molar-refractivity contribution >= 4 is 12.3 Å². The second-order valence-electron chi connectivity index (χ2n) is 1.77. The monoisotopic (exact) mass is 146 g/mol. The normalized spacial score (nSPS) is 12.5. The Labute approximate surface area is 58.2 Å². The number of nitrogens with two attached hydrogens (primary N) is 1. The smallest absolute Gasteiger partial charge is 0.321 e. The third-order valence-corrected chi connectivity index (χ3v) is 0.909. The molecule has 0 aromatic rings. The van der Waals surface area contributed by atoms with Crippen molar-refractivity contribution in [2.45, 2.75) is 6.04 Å². The van der Waals surface area contributed by atoms with E-state index in [4.69, 9.17) is 10.8 Å². The van der Waals surface area contributed by atoms with Crippen molar-refractivity contribution in [2.24, 2.45) is 5.73 Å². The molecule has 5 nitrogen and oxygen atoms in total. The lowest BCUT2D eigenvalue weighted by Gasteiger charge is -2.04. The molecule has 0 fully saturated rings. The van der Waals surface area contributed by atoms with Crippen molar-refractivity contribution in [3.63, 3.8) is 0 Å². The molecule has 5 heteroatoms. The van der Waals surface area contributed by atoms with Gasteiger partial charge in [0.2, 0.25) is 0 Å². The summed E-state index contributed by atoms with van der Waals surface area (Å²) in [4.78, 5) is 19.7. The lowest BCUT2D eigenvalue weighted by molar-refractivity contribution is -0.138. The van der Waals surface area contributed by atoms with E-state index in [0.717, 1.165) is 0 Å². The molecule has 0 aromatic heterocycles. The van der Waals surface area contributed by atoms with Gasteiger partial charge in [0.25, 0.3) is 0 Å². The van der Waals surface area contributed by atoms with Crippen LogP contribution in [-0.2, 0) is 9.59 Å². The Morgan fingerprint density at radius 2 is 2.40 bits per heavy atom. The molecule has 10 heavy (non-hydrogen) atoms. The van der Waals surface area contributed by atoms with Gasteiger partial charge >= 0.3 is 5.97 Å². The fraction of sp³-hybridized carbons (Fsp3) is 0.600. The molecule has 4 N–H and O–H groups in total. The van der Waals surface area contributed by atoms with Crippen LogP contribution < -0.4 is 11.1 Å². The standard InChI is InChI=1S/C5H10N2O3/c6-4(5(9)10)3-7-1-2-8/h2,4,7H,1,3,6H2,(H,9,10)/t4-/m0/s1. The van der Waals surface area contributed by atoms with E-state index in [2.05, 4.69) is 5.32 Å². The van der Waals surface area contributed by atoms with Gasteiger partial charge in [0.15, 0.2) is 0 Å². The predicted octanol–water partition coefficient (Wildman–Crippen LogP) is -1.81. The summed E-state index contributed by atoms with van der Waals surface area (Å²) in [6.45, 7) is 0.259. The molecule has 0 aliphatic carbocycles. The summed E-state index contributed by atoms with van der Waals surface area (Å²) in [6.07, 6.45) is 0.647. The van der Waals surface area contributed by atoms with Crippen molar-refractivity contribution in [1.29, 1.82) is 0 Å². The van der Waals surface area contributed by atoms with E-state index in [1.165, 1.54) is 0 Å². The van der Waals surface area contributed by atoms with Gasteiger partial charge in [0.05, 0.1) is 6.54 Å². The number of rotatable bonds is 5. The van der Waals surface area contributed by atoms with Crippen LogP contribution in [0.25, 0.3) is 0 Å². The van der Waals surface area contributed by atoms with Gasteiger partial charge in [0.1, 0.15) is 12.3 Å². The maximum absolute atomic E-state index is 10.0. The molecule has 0 rings (SSSR count). The molecule has 0 amide bonds. The number of hydrogen-bond acceptors (Lipinski definition) is 4. The molecule has 0 heterocycles. The molecule has 0 bridgehead atoms. The molecule has 0 spiro atoms. The minimum Gasteiger partial charge on any atom is -0.480 e. The van der Waals surface area contributed by atoms with Crippen LogP contribution in [0.15, 0.2) is 0 Å². The highest BCUT2D eigenvalue weighted by Crippen LogP contribution is 1.73. The molecule has 0 radical (unpaired) electrons. The molecule has 0 unspecified atom stereocenters. The number of hydrogen-bond donors (Lipinski definition) is 3. The van der Waals surface area contributed by atoms with Crippen LogP contribution in [0.2, 0.25) is 0 Å². The number of aliphatic carboxylic acids is 1. The third kappa shape index (κ3) is 3.99. The first-order valence-corrected chi connectivity index (χ1v) is 2.81. The molecular weight excluding hydrogens is 136 g/mol. The van der Waals surface area contributed by atoms with Crippen LogP contribution in [0.5, 0.6) is 0 Å². The Balaban J connectivity index is 3.30. The number of carbonyl (C=O) groups excluding carboxylic acids is 1. The van der Waals surface area contributed by atoms with Crippen LogP contribution in [0.4, 0.5) is 0 Å². The molecule has 1 atom stereocenters. The number of carboxylic acid groups (broad SMARTS) is 1. The summed E-state index contributed by atoms with van der Waals surface area (Å²) in [6, 6.07) is -0.931. The van der Waals surface area contributed by atoms with E-state index in [0.29, 0.717) is 6.29 Å². The Kier molecular flexibility index (Phi) is 4.43. The summed E-state index contributed by atoms with van der Waals surface area (Å²) in [5.41, 5.74) is 5.08. The van der Waals surface area contributed by atoms with Gasteiger partial charge in [-0.05, 0) is 0 Å². The highest BCUT2D eigenvalue weighted by Gasteiger charge is 2.08. The van der Waals surface area contributed by atoms with Crippen LogP contribution in [-0.4, -0.2) is 36.5 Å². The van der Waals surface area contributed by atoms with Gasteiger partial charge in [-0.2, -0.15) is 0 Å². The van der Waals surface area contributed by atoms with E-state index in [-0.39, 0.29) is 13.1 Å². The van der Waals surface area contributed by atoms with E-state index < -0.39 is 12.0 Å². The number of carboxylic acids is 1. The Morgan fingerprint density at radius 1 is 1.80 bits per heavy atom. The van der Waals surface area contributed by atoms with E-state index in [1.54, 1.807) is 0 Å². The number of aldehydes is 1. The first kappa shape index (κ1) is 9.06. The van der Waals surface area contributed by atoms with Gasteiger partial charge in [-0.3, -0.25) is 4.79 Å². The zero-order chi connectivity index (χ0) is 7.98. The van der Waals surface area contributed by atoms with Gasteiger partial charge in [-0.25, -0.2) is 0 Å². The SMILES string of the molecule is N[C@@H](CNCC=O)C(=O)O. The van der Waals surface area contributed by atoms with E-state index in [1.807, 2.05) is 0 Å². The fourth-order valence-electron chi connectivity index (χ4n) is 0.385. The Bertz CT molecular complexity index is 126. The van der Waals surface area contributed by atoms with Crippen LogP contribution in [0, 0.1) is 0 Å². The van der Waals surface area contributed by atoms with E-state index >= 15 is 0 Å². The molecular formula is C5H10N2O3. The third-order valence-electron chi connectivity index (χ3n) is 0.909. The topological polar surface area (TPSA) is 92.4 Å². The summed E-state index contributed by atoms with van der Waals surface area (Å²) in [7, 11) is 0. The average molecular weight is 146 g/mol. The summed E-state index contributed by atoms with van der Waals surface area (Å²) in [5.74, 6) is -1.07.